The van der Waals surface area contributed by atoms with E-state index in [0.29, 0.717) is 22.3 Å². The van der Waals surface area contributed by atoms with Gasteiger partial charge in [0.2, 0.25) is 5.88 Å². The van der Waals surface area contributed by atoms with Crippen LogP contribution in [0.5, 0.6) is 11.6 Å². The number of rotatable bonds is 3. The van der Waals surface area contributed by atoms with Crippen LogP contribution in [-0.4, -0.2) is 14.8 Å². The number of ether oxygens (including phenoxy) is 1. The van der Waals surface area contributed by atoms with Gasteiger partial charge < -0.3 is 10.5 Å². The molecule has 0 unspecified atom stereocenters. The zero-order valence-corrected chi connectivity index (χ0v) is 10.3. The summed E-state index contributed by atoms with van der Waals surface area (Å²) in [7, 11) is 0. The fourth-order valence-electron chi connectivity index (χ4n) is 1.30. The van der Waals surface area contributed by atoms with Crippen LogP contribution in [-0.2, 0) is 0 Å². The summed E-state index contributed by atoms with van der Waals surface area (Å²) in [4.78, 5) is 4.01. The standard InChI is InChI=1S/C11H13ClN4O/c1-7(2)16-6-9(5-15-16)17-11-10(13)3-8(12)4-14-11/h3-7H,13H2,1-2H3. The van der Waals surface area contributed by atoms with E-state index in [2.05, 4.69) is 10.1 Å². The highest BCUT2D eigenvalue weighted by atomic mass is 35.5. The lowest BCUT2D eigenvalue weighted by Gasteiger charge is -2.05. The summed E-state index contributed by atoms with van der Waals surface area (Å²) in [5.41, 5.74) is 6.13. The predicted molar refractivity (Wildman–Crippen MR) is 66.3 cm³/mol. The number of pyridine rings is 1. The van der Waals surface area contributed by atoms with Crippen molar-refractivity contribution in [1.29, 1.82) is 0 Å². The van der Waals surface area contributed by atoms with Crippen molar-refractivity contribution in [2.24, 2.45) is 0 Å². The van der Waals surface area contributed by atoms with Gasteiger partial charge in [-0.1, -0.05) is 11.6 Å². The minimum atomic E-state index is 0.280. The van der Waals surface area contributed by atoms with E-state index in [1.165, 1.54) is 6.20 Å². The van der Waals surface area contributed by atoms with Gasteiger partial charge >= 0.3 is 0 Å². The van der Waals surface area contributed by atoms with Crippen molar-refractivity contribution < 1.29 is 4.74 Å². The fraction of sp³-hybridized carbons (Fsp3) is 0.273. The Morgan fingerprint density at radius 3 is 2.76 bits per heavy atom. The maximum absolute atomic E-state index is 5.75. The molecule has 0 aromatic carbocycles. The lowest BCUT2D eigenvalue weighted by Crippen LogP contribution is -1.99. The average molecular weight is 253 g/mol. The Morgan fingerprint density at radius 1 is 1.41 bits per heavy atom. The predicted octanol–water partition coefficient (Wildman–Crippen LogP) is 2.89. The average Bonchev–Trinajstić information content (AvgIpc) is 2.71. The number of aromatic nitrogens is 3. The third-order valence-electron chi connectivity index (χ3n) is 2.17. The Labute approximate surface area is 104 Å². The van der Waals surface area contributed by atoms with Crippen molar-refractivity contribution >= 4 is 17.3 Å². The number of halogens is 1. The molecule has 0 spiro atoms. The zero-order chi connectivity index (χ0) is 12.4. The highest BCUT2D eigenvalue weighted by Crippen LogP contribution is 2.26. The molecule has 2 aromatic heterocycles. The highest BCUT2D eigenvalue weighted by molar-refractivity contribution is 6.30. The second-order valence-corrected chi connectivity index (χ2v) is 4.34. The van der Waals surface area contributed by atoms with E-state index in [1.807, 2.05) is 13.8 Å². The number of nitrogens with zero attached hydrogens (tertiary/aromatic N) is 3. The molecule has 2 N–H and O–H groups in total. The van der Waals surface area contributed by atoms with Gasteiger partial charge in [0.15, 0.2) is 5.75 Å². The third-order valence-corrected chi connectivity index (χ3v) is 2.37. The summed E-state index contributed by atoms with van der Waals surface area (Å²) in [5, 5.41) is 4.64. The Bertz CT molecular complexity index is 524. The minimum absolute atomic E-state index is 0.280. The normalized spacial score (nSPS) is 10.8. The molecule has 0 saturated heterocycles. The summed E-state index contributed by atoms with van der Waals surface area (Å²) in [6.45, 7) is 4.07. The van der Waals surface area contributed by atoms with Crippen LogP contribution in [0.15, 0.2) is 24.7 Å². The molecule has 0 bridgehead atoms. The Hall–Kier alpha value is -1.75. The largest absolute Gasteiger partial charge is 0.434 e. The molecule has 6 heteroatoms. The van der Waals surface area contributed by atoms with Gasteiger partial charge in [0, 0.05) is 12.2 Å². The van der Waals surface area contributed by atoms with Crippen molar-refractivity contribution in [2.75, 3.05) is 5.73 Å². The van der Waals surface area contributed by atoms with E-state index in [-0.39, 0.29) is 6.04 Å². The van der Waals surface area contributed by atoms with Crippen LogP contribution in [0.1, 0.15) is 19.9 Å². The fourth-order valence-corrected chi connectivity index (χ4v) is 1.46. The molecule has 0 aliphatic heterocycles. The molecular formula is C11H13ClN4O. The van der Waals surface area contributed by atoms with Gasteiger partial charge in [0.1, 0.15) is 0 Å². The molecule has 5 nitrogen and oxygen atoms in total. The van der Waals surface area contributed by atoms with Crippen LogP contribution in [0.3, 0.4) is 0 Å². The van der Waals surface area contributed by atoms with Gasteiger partial charge in [0.05, 0.1) is 23.1 Å². The van der Waals surface area contributed by atoms with Crippen molar-refractivity contribution in [3.63, 3.8) is 0 Å². The Morgan fingerprint density at radius 2 is 2.18 bits per heavy atom. The first-order valence-electron chi connectivity index (χ1n) is 5.19. The van der Waals surface area contributed by atoms with Crippen LogP contribution < -0.4 is 10.5 Å². The van der Waals surface area contributed by atoms with E-state index < -0.39 is 0 Å². The van der Waals surface area contributed by atoms with E-state index in [4.69, 9.17) is 22.1 Å². The first-order chi connectivity index (χ1) is 8.06. The molecule has 0 aliphatic rings. The molecule has 0 radical (unpaired) electrons. The highest BCUT2D eigenvalue weighted by Gasteiger charge is 2.07. The number of anilines is 1. The molecule has 0 amide bonds. The molecular weight excluding hydrogens is 240 g/mol. The molecule has 0 saturated carbocycles. The molecule has 0 fully saturated rings. The van der Waals surface area contributed by atoms with E-state index in [9.17, 15) is 0 Å². The maximum atomic E-state index is 5.75. The summed E-state index contributed by atoms with van der Waals surface area (Å²) in [6, 6.07) is 1.87. The first kappa shape index (κ1) is 11.7. The lowest BCUT2D eigenvalue weighted by molar-refractivity contribution is 0.461. The molecule has 2 aromatic rings. The van der Waals surface area contributed by atoms with Crippen LogP contribution >= 0.6 is 11.6 Å². The van der Waals surface area contributed by atoms with Gasteiger partial charge in [-0.2, -0.15) is 5.10 Å². The molecule has 0 aliphatic carbocycles. The van der Waals surface area contributed by atoms with Gasteiger partial charge in [-0.15, -0.1) is 0 Å². The Balaban J connectivity index is 2.19. The SMILES string of the molecule is CC(C)n1cc(Oc2ncc(Cl)cc2N)cn1. The summed E-state index contributed by atoms with van der Waals surface area (Å²) in [6.07, 6.45) is 4.90. The second kappa shape index (κ2) is 4.63. The molecule has 17 heavy (non-hydrogen) atoms. The van der Waals surface area contributed by atoms with Gasteiger partial charge in [-0.3, -0.25) is 4.68 Å². The smallest absolute Gasteiger partial charge is 0.242 e. The van der Waals surface area contributed by atoms with Gasteiger partial charge in [-0.25, -0.2) is 4.98 Å². The number of hydrogen-bond acceptors (Lipinski definition) is 4. The monoisotopic (exact) mass is 252 g/mol. The molecule has 2 heterocycles. The Kier molecular flexibility index (Phi) is 3.19. The van der Waals surface area contributed by atoms with Crippen molar-refractivity contribution in [2.45, 2.75) is 19.9 Å². The first-order valence-corrected chi connectivity index (χ1v) is 5.57. The number of nitrogen functional groups attached to an aromatic ring is 1. The third kappa shape index (κ3) is 2.68. The lowest BCUT2D eigenvalue weighted by atomic mass is 10.4. The quantitative estimate of drug-likeness (QED) is 0.912. The minimum Gasteiger partial charge on any atom is -0.434 e. The van der Waals surface area contributed by atoms with Crippen molar-refractivity contribution in [3.05, 3.63) is 29.7 Å². The van der Waals surface area contributed by atoms with Crippen LogP contribution in [0.25, 0.3) is 0 Å². The molecule has 0 atom stereocenters. The van der Waals surface area contributed by atoms with Crippen LogP contribution in [0.4, 0.5) is 5.69 Å². The van der Waals surface area contributed by atoms with Crippen molar-refractivity contribution in [3.8, 4) is 11.6 Å². The summed E-state index contributed by atoms with van der Waals surface area (Å²) in [5.74, 6) is 0.929. The summed E-state index contributed by atoms with van der Waals surface area (Å²) < 4.78 is 7.31. The van der Waals surface area contributed by atoms with E-state index in [0.717, 1.165) is 0 Å². The maximum Gasteiger partial charge on any atom is 0.242 e. The topological polar surface area (TPSA) is 66.0 Å². The summed E-state index contributed by atoms with van der Waals surface area (Å²) >= 11 is 5.75. The number of hydrogen-bond donors (Lipinski definition) is 1. The number of nitrogens with two attached hydrogens (primary N) is 1. The second-order valence-electron chi connectivity index (χ2n) is 3.90. The zero-order valence-electron chi connectivity index (χ0n) is 9.59. The van der Waals surface area contributed by atoms with E-state index in [1.54, 1.807) is 23.1 Å². The molecule has 90 valence electrons. The van der Waals surface area contributed by atoms with Gasteiger partial charge in [0.25, 0.3) is 0 Å². The van der Waals surface area contributed by atoms with Gasteiger partial charge in [-0.05, 0) is 19.9 Å². The van der Waals surface area contributed by atoms with E-state index >= 15 is 0 Å². The van der Waals surface area contributed by atoms with Crippen molar-refractivity contribution in [1.82, 2.24) is 14.8 Å². The van der Waals surface area contributed by atoms with Crippen LogP contribution in [0, 0.1) is 0 Å². The van der Waals surface area contributed by atoms with Crippen LogP contribution in [0.2, 0.25) is 5.02 Å². The molecule has 2 rings (SSSR count).